The number of carbonyl (C=O) groups excluding carboxylic acids is 1. The smallest absolute Gasteiger partial charge is 0.421 e. The Morgan fingerprint density at radius 2 is 1.88 bits per heavy atom. The molecule has 1 aromatic carbocycles. The van der Waals surface area contributed by atoms with Crippen molar-refractivity contribution < 1.29 is 36.3 Å². The standard InChI is InChI=1S/C31H36F3N8O5P/c1-18(2)47-48(44)15-19-7-8-23(25(11-19)45-6)40-29-36-13-21(31(32,33)34)27(41-29)39-24-10-9-22(38-26(24)28(43)35-5)20-12-37-42(14-20)16-30(3,4)17-46-48/h7-14,18H,15-17H2,1-6H3,(H,35,43)(H2,36,39,40,41)/t48-/m1/s1. The summed E-state index contributed by atoms with van der Waals surface area (Å²) in [5.41, 5.74) is -0.0974. The Labute approximate surface area is 275 Å². The van der Waals surface area contributed by atoms with E-state index in [2.05, 4.69) is 36.0 Å². The van der Waals surface area contributed by atoms with Crippen molar-refractivity contribution in [1.29, 1.82) is 0 Å². The number of halogens is 3. The van der Waals surface area contributed by atoms with Crippen molar-refractivity contribution in [2.75, 3.05) is 31.4 Å². The van der Waals surface area contributed by atoms with Gasteiger partial charge in [-0.2, -0.15) is 23.3 Å². The molecule has 4 aliphatic heterocycles. The van der Waals surface area contributed by atoms with Crippen LogP contribution in [0.4, 0.5) is 36.3 Å². The summed E-state index contributed by atoms with van der Waals surface area (Å²) < 4.78 is 75.5. The van der Waals surface area contributed by atoms with Crippen LogP contribution >= 0.6 is 7.60 Å². The van der Waals surface area contributed by atoms with Gasteiger partial charge in [-0.05, 0) is 43.7 Å². The van der Waals surface area contributed by atoms with Crippen molar-refractivity contribution in [2.45, 2.75) is 52.7 Å². The molecule has 0 radical (unpaired) electrons. The van der Waals surface area contributed by atoms with Crippen LogP contribution in [-0.2, 0) is 32.5 Å². The molecule has 0 saturated heterocycles. The highest BCUT2D eigenvalue weighted by atomic mass is 31.2. The van der Waals surface area contributed by atoms with Gasteiger partial charge in [-0.3, -0.25) is 14.0 Å². The number of pyridine rings is 1. The highest BCUT2D eigenvalue weighted by Crippen LogP contribution is 2.54. The first-order chi connectivity index (χ1) is 22.6. The van der Waals surface area contributed by atoms with Crippen molar-refractivity contribution in [3.63, 3.8) is 0 Å². The van der Waals surface area contributed by atoms with E-state index in [-0.39, 0.29) is 35.8 Å². The number of hydrogen-bond acceptors (Lipinski definition) is 11. The first-order valence-corrected chi connectivity index (χ1v) is 16.6. The fraction of sp³-hybridized carbons (Fsp3) is 0.387. The van der Waals surface area contributed by atoms with Gasteiger partial charge in [-0.1, -0.05) is 19.9 Å². The Morgan fingerprint density at radius 1 is 1.12 bits per heavy atom. The number of hydrogen-bond donors (Lipinski definition) is 3. The first kappa shape index (κ1) is 34.8. The summed E-state index contributed by atoms with van der Waals surface area (Å²) in [5, 5.41) is 12.4. The van der Waals surface area contributed by atoms with Gasteiger partial charge in [0.1, 0.15) is 17.1 Å². The van der Waals surface area contributed by atoms with Crippen molar-refractivity contribution in [2.24, 2.45) is 5.41 Å². The number of benzene rings is 1. The summed E-state index contributed by atoms with van der Waals surface area (Å²) in [6.45, 7) is 7.84. The number of anilines is 4. The summed E-state index contributed by atoms with van der Waals surface area (Å²) in [5.74, 6) is -1.17. The summed E-state index contributed by atoms with van der Waals surface area (Å²) in [6, 6.07) is 7.88. The quantitative estimate of drug-likeness (QED) is 0.194. The maximum absolute atomic E-state index is 14.1. The van der Waals surface area contributed by atoms with Crippen LogP contribution in [-0.4, -0.2) is 57.5 Å². The van der Waals surface area contributed by atoms with Gasteiger partial charge in [0, 0.05) is 37.0 Å². The molecule has 0 aliphatic carbocycles. The Morgan fingerprint density at radius 3 is 2.56 bits per heavy atom. The second kappa shape index (κ2) is 13.5. The van der Waals surface area contributed by atoms with Crippen molar-refractivity contribution in [3.8, 4) is 17.0 Å². The molecule has 0 unspecified atom stereocenters. The number of rotatable bonds is 4. The third kappa shape index (κ3) is 8.12. The van der Waals surface area contributed by atoms with E-state index in [1.807, 2.05) is 13.8 Å². The first-order valence-electron chi connectivity index (χ1n) is 14.9. The molecular weight excluding hydrogens is 652 g/mol. The number of aromatic nitrogens is 5. The Balaban J connectivity index is 1.66. The molecule has 256 valence electrons. The van der Waals surface area contributed by atoms with E-state index in [0.29, 0.717) is 35.2 Å². The minimum atomic E-state index is -4.83. The molecular formula is C31H36F3N8O5P. The highest BCUT2D eigenvalue weighted by molar-refractivity contribution is 7.53. The maximum Gasteiger partial charge on any atom is 0.421 e. The normalized spacial score (nSPS) is 18.0. The Hall–Kier alpha value is -4.53. The average Bonchev–Trinajstić information content (AvgIpc) is 3.47. The van der Waals surface area contributed by atoms with E-state index in [1.165, 1.54) is 20.2 Å². The molecule has 7 heterocycles. The fourth-order valence-corrected chi connectivity index (χ4v) is 7.00. The highest BCUT2D eigenvalue weighted by Gasteiger charge is 2.36. The van der Waals surface area contributed by atoms with Gasteiger partial charge < -0.3 is 29.7 Å². The van der Waals surface area contributed by atoms with Crippen LogP contribution in [0.15, 0.2) is 48.9 Å². The molecule has 0 spiro atoms. The van der Waals surface area contributed by atoms with E-state index in [4.69, 9.17) is 13.8 Å². The van der Waals surface area contributed by atoms with Gasteiger partial charge in [0.25, 0.3) is 5.91 Å². The van der Waals surface area contributed by atoms with E-state index < -0.39 is 42.6 Å². The van der Waals surface area contributed by atoms with Crippen LogP contribution in [0.5, 0.6) is 5.75 Å². The van der Waals surface area contributed by atoms with Crippen LogP contribution in [0.2, 0.25) is 0 Å². The lowest BCUT2D eigenvalue weighted by Crippen LogP contribution is -2.26. The number of amides is 1. The monoisotopic (exact) mass is 688 g/mol. The van der Waals surface area contributed by atoms with Crippen LogP contribution < -0.4 is 20.7 Å². The van der Waals surface area contributed by atoms with Gasteiger partial charge in [0.2, 0.25) is 5.95 Å². The zero-order valence-electron chi connectivity index (χ0n) is 27.2. The number of nitrogens with one attached hydrogen (secondary N) is 3. The molecule has 1 atom stereocenters. The van der Waals surface area contributed by atoms with E-state index in [0.717, 1.165) is 0 Å². The average molecular weight is 689 g/mol. The van der Waals surface area contributed by atoms with Gasteiger partial charge >= 0.3 is 13.8 Å². The molecule has 8 bridgehead atoms. The molecule has 4 aromatic rings. The largest absolute Gasteiger partial charge is 0.495 e. The molecule has 17 heteroatoms. The summed E-state index contributed by atoms with van der Waals surface area (Å²) in [4.78, 5) is 25.4. The maximum atomic E-state index is 14.1. The van der Waals surface area contributed by atoms with Crippen molar-refractivity contribution >= 4 is 36.6 Å². The van der Waals surface area contributed by atoms with Gasteiger partial charge in [-0.25, -0.2) is 9.97 Å². The SMILES string of the molecule is CNC(=O)c1nc2ccc1Nc1nc(ncc1C(F)(F)F)Nc1ccc(cc1OC)C[P@](=O)(OC(C)C)OCC(C)(C)Cn1cc-2cn1. The van der Waals surface area contributed by atoms with Crippen LogP contribution in [0.25, 0.3) is 11.3 Å². The molecule has 8 rings (SSSR count). The molecule has 1 amide bonds. The Kier molecular flexibility index (Phi) is 9.81. The molecule has 48 heavy (non-hydrogen) atoms. The lowest BCUT2D eigenvalue weighted by Gasteiger charge is -2.28. The number of alkyl halides is 3. The third-order valence-electron chi connectivity index (χ3n) is 7.12. The van der Waals surface area contributed by atoms with E-state index in [9.17, 15) is 22.5 Å². The molecule has 3 aromatic heterocycles. The Bertz CT molecular complexity index is 1860. The molecule has 0 fully saturated rings. The topological polar surface area (TPSA) is 154 Å². The zero-order chi connectivity index (χ0) is 34.9. The predicted octanol–water partition coefficient (Wildman–Crippen LogP) is 6.78. The van der Waals surface area contributed by atoms with E-state index in [1.54, 1.807) is 55.2 Å². The molecule has 3 N–H and O–H groups in total. The summed E-state index contributed by atoms with van der Waals surface area (Å²) in [7, 11) is -0.889. The van der Waals surface area contributed by atoms with Crippen molar-refractivity contribution in [3.05, 3.63) is 65.7 Å². The number of ether oxygens (including phenoxy) is 1. The fourth-order valence-electron chi connectivity index (χ4n) is 4.94. The van der Waals surface area contributed by atoms with E-state index >= 15 is 0 Å². The third-order valence-corrected chi connectivity index (χ3v) is 9.13. The second-order valence-corrected chi connectivity index (χ2v) is 14.2. The minimum absolute atomic E-state index is 0.0176. The van der Waals surface area contributed by atoms with Gasteiger partial charge in [0.15, 0.2) is 5.69 Å². The predicted molar refractivity (Wildman–Crippen MR) is 173 cm³/mol. The van der Waals surface area contributed by atoms with Crippen LogP contribution in [0.1, 0.15) is 49.3 Å². The van der Waals surface area contributed by atoms with Crippen LogP contribution in [0.3, 0.4) is 0 Å². The number of carbonyl (C=O) groups is 1. The van der Waals surface area contributed by atoms with Crippen LogP contribution in [0, 0.1) is 5.41 Å². The second-order valence-electron chi connectivity index (χ2n) is 12.2. The van der Waals surface area contributed by atoms with Gasteiger partial charge in [-0.15, -0.1) is 0 Å². The molecule has 13 nitrogen and oxygen atoms in total. The van der Waals surface area contributed by atoms with Crippen molar-refractivity contribution in [1.82, 2.24) is 30.0 Å². The summed E-state index contributed by atoms with van der Waals surface area (Å²) >= 11 is 0. The zero-order valence-corrected chi connectivity index (χ0v) is 28.1. The lowest BCUT2D eigenvalue weighted by molar-refractivity contribution is -0.137. The number of nitrogens with zero attached hydrogens (tertiary/aromatic N) is 5. The van der Waals surface area contributed by atoms with Gasteiger partial charge in [0.05, 0.1) is 49.2 Å². The number of methoxy groups -OCH3 is 1. The molecule has 4 aliphatic rings. The minimum Gasteiger partial charge on any atom is -0.495 e. The summed E-state index contributed by atoms with van der Waals surface area (Å²) in [6.07, 6.45) is -1.38. The lowest BCUT2D eigenvalue weighted by atomic mass is 9.95. The molecule has 0 saturated carbocycles.